The van der Waals surface area contributed by atoms with Crippen LogP contribution >= 0.6 is 32.6 Å². The SMILES string of the molecule is N[C@@H](CSC1CC(=O)N(CCP(Br)(c2ccccc2)(c2ccccc2)c2ccccc2)C1=O)C(=O)O. The van der Waals surface area contributed by atoms with Crippen molar-refractivity contribution in [1.29, 1.82) is 0 Å². The van der Waals surface area contributed by atoms with E-state index in [2.05, 4.69) is 51.9 Å². The third kappa shape index (κ3) is 4.88. The summed E-state index contributed by atoms with van der Waals surface area (Å²) in [5, 5.41) is 8.48. The molecule has 6 nitrogen and oxygen atoms in total. The van der Waals surface area contributed by atoms with E-state index in [4.69, 9.17) is 10.8 Å². The molecule has 3 aromatic rings. The first kappa shape index (κ1) is 26.6. The van der Waals surface area contributed by atoms with Crippen molar-refractivity contribution in [3.05, 3.63) is 91.0 Å². The Morgan fingerprint density at radius 2 is 1.39 bits per heavy atom. The number of carbonyl (C=O) groups is 3. The molecule has 3 N–H and O–H groups in total. The van der Waals surface area contributed by atoms with Crippen molar-refractivity contribution in [1.82, 2.24) is 4.90 Å². The van der Waals surface area contributed by atoms with E-state index in [0.29, 0.717) is 6.16 Å². The fraction of sp³-hybridized carbons (Fsp3) is 0.222. The minimum absolute atomic E-state index is 0.0517. The molecule has 2 amide bonds. The summed E-state index contributed by atoms with van der Waals surface area (Å²) in [6.45, 7) is 0.238. The van der Waals surface area contributed by atoms with E-state index in [1.165, 1.54) is 4.90 Å². The molecule has 0 radical (unpaired) electrons. The fourth-order valence-corrected chi connectivity index (χ4v) is 13.0. The first-order valence-electron chi connectivity index (χ1n) is 11.6. The van der Waals surface area contributed by atoms with Crippen molar-refractivity contribution in [2.75, 3.05) is 18.5 Å². The van der Waals surface area contributed by atoms with Crippen molar-refractivity contribution in [3.63, 3.8) is 0 Å². The molecule has 1 aliphatic heterocycles. The zero-order valence-corrected chi connectivity index (χ0v) is 22.9. The Morgan fingerprint density at radius 3 is 1.81 bits per heavy atom. The van der Waals surface area contributed by atoms with E-state index in [0.717, 1.165) is 27.7 Å². The van der Waals surface area contributed by atoms with Crippen LogP contribution in [-0.2, 0) is 14.4 Å². The van der Waals surface area contributed by atoms with Crippen LogP contribution in [0, 0.1) is 0 Å². The number of benzene rings is 3. The van der Waals surface area contributed by atoms with Gasteiger partial charge in [0.05, 0.1) is 0 Å². The van der Waals surface area contributed by atoms with Gasteiger partial charge in [-0.25, -0.2) is 0 Å². The Labute approximate surface area is 222 Å². The molecule has 0 bridgehead atoms. The van der Waals surface area contributed by atoms with E-state index >= 15 is 0 Å². The number of thioether (sulfide) groups is 1. The summed E-state index contributed by atoms with van der Waals surface area (Å²) in [4.78, 5) is 38.6. The van der Waals surface area contributed by atoms with Crippen LogP contribution in [0.2, 0.25) is 0 Å². The number of hydrogen-bond acceptors (Lipinski definition) is 5. The quantitative estimate of drug-likeness (QED) is 0.280. The molecule has 1 unspecified atom stereocenters. The van der Waals surface area contributed by atoms with Gasteiger partial charge in [0.25, 0.3) is 0 Å². The summed E-state index contributed by atoms with van der Waals surface area (Å²) in [7, 11) is 0. The van der Waals surface area contributed by atoms with Crippen molar-refractivity contribution in [2.24, 2.45) is 5.73 Å². The van der Waals surface area contributed by atoms with Gasteiger partial charge in [0.1, 0.15) is 0 Å². The molecule has 4 rings (SSSR count). The summed E-state index contributed by atoms with van der Waals surface area (Å²) in [6, 6.07) is 29.5. The van der Waals surface area contributed by atoms with E-state index in [1.54, 1.807) is 0 Å². The molecule has 3 aromatic carbocycles. The topological polar surface area (TPSA) is 101 Å². The van der Waals surface area contributed by atoms with Crippen LogP contribution in [0.3, 0.4) is 0 Å². The number of carboxylic acid groups (broad SMARTS) is 1. The number of nitrogens with two attached hydrogens (primary N) is 1. The minimum atomic E-state index is -3.28. The third-order valence-electron chi connectivity index (χ3n) is 6.62. The van der Waals surface area contributed by atoms with Crippen LogP contribution in [0.25, 0.3) is 0 Å². The molecule has 1 aliphatic rings. The fourth-order valence-electron chi connectivity index (χ4n) is 4.65. The number of halogens is 1. The summed E-state index contributed by atoms with van der Waals surface area (Å²) in [5.41, 5.74) is 5.60. The number of carbonyl (C=O) groups excluding carboxylic acids is 2. The average molecular weight is 587 g/mol. The van der Waals surface area contributed by atoms with Gasteiger partial charge in [0.15, 0.2) is 0 Å². The summed E-state index contributed by atoms with van der Waals surface area (Å²) in [5.74, 6) is -1.58. The monoisotopic (exact) mass is 586 g/mol. The van der Waals surface area contributed by atoms with Crippen LogP contribution in [-0.4, -0.2) is 57.5 Å². The van der Waals surface area contributed by atoms with Crippen LogP contribution in [0.4, 0.5) is 0 Å². The zero-order chi connectivity index (χ0) is 25.8. The van der Waals surface area contributed by atoms with Crippen LogP contribution < -0.4 is 21.6 Å². The van der Waals surface area contributed by atoms with Gasteiger partial charge in [-0.1, -0.05) is 0 Å². The molecule has 36 heavy (non-hydrogen) atoms. The molecule has 2 atom stereocenters. The number of hydrogen-bond donors (Lipinski definition) is 2. The Kier molecular flexibility index (Phi) is 8.00. The molecule has 188 valence electrons. The normalized spacial score (nSPS) is 18.0. The van der Waals surface area contributed by atoms with Crippen molar-refractivity contribution in [2.45, 2.75) is 17.7 Å². The van der Waals surface area contributed by atoms with Crippen molar-refractivity contribution >= 4 is 66.3 Å². The van der Waals surface area contributed by atoms with Crippen molar-refractivity contribution < 1.29 is 19.5 Å². The molecule has 9 heteroatoms. The molecule has 0 saturated carbocycles. The van der Waals surface area contributed by atoms with Gasteiger partial charge in [-0.05, 0) is 0 Å². The molecule has 1 saturated heterocycles. The number of amides is 2. The predicted octanol–water partition coefficient (Wildman–Crippen LogP) is 3.10. The van der Waals surface area contributed by atoms with Gasteiger partial charge >= 0.3 is 224 Å². The molecule has 1 heterocycles. The maximum absolute atomic E-state index is 13.2. The van der Waals surface area contributed by atoms with E-state index in [9.17, 15) is 14.4 Å². The van der Waals surface area contributed by atoms with Gasteiger partial charge in [-0.15, -0.1) is 0 Å². The third-order valence-corrected chi connectivity index (χ3v) is 17.9. The second kappa shape index (κ2) is 10.9. The van der Waals surface area contributed by atoms with Crippen LogP contribution in [0.15, 0.2) is 91.0 Å². The van der Waals surface area contributed by atoms with Crippen LogP contribution in [0.1, 0.15) is 6.42 Å². The maximum atomic E-state index is 13.2. The Hall–Kier alpha value is -2.51. The number of aliphatic carboxylic acids is 1. The van der Waals surface area contributed by atoms with Crippen LogP contribution in [0.5, 0.6) is 0 Å². The van der Waals surface area contributed by atoms with Gasteiger partial charge in [0, 0.05) is 0 Å². The Bertz CT molecular complexity index is 1150. The first-order valence-corrected chi connectivity index (χ1v) is 17.1. The number of likely N-dealkylation sites (tertiary alicyclic amines) is 1. The Balaban J connectivity index is 1.72. The van der Waals surface area contributed by atoms with Gasteiger partial charge < -0.3 is 0 Å². The van der Waals surface area contributed by atoms with E-state index in [1.807, 2.05) is 54.6 Å². The second-order valence-electron chi connectivity index (χ2n) is 8.77. The molecular weight excluding hydrogens is 559 g/mol. The summed E-state index contributed by atoms with van der Waals surface area (Å²) in [6.07, 6.45) is 0.573. The van der Waals surface area contributed by atoms with Gasteiger partial charge in [-0.2, -0.15) is 0 Å². The number of rotatable bonds is 10. The number of carboxylic acids is 1. The number of nitrogens with zero attached hydrogens (tertiary/aromatic N) is 1. The molecule has 0 aromatic heterocycles. The standard InChI is InChI=1S/C27H28BrN2O4PS/c28-35(20-10-4-1-5-11-20,21-12-6-2-7-13-21,22-14-8-3-9-15-22)17-16-30-25(31)18-24(26(30)32)36-19-23(29)27(33)34/h1-15,23-24H,16-19,29H2,(H,33,34)/t23-,24?/m0/s1. The molecule has 1 fully saturated rings. The molecule has 0 aliphatic carbocycles. The number of imide groups is 1. The predicted molar refractivity (Wildman–Crippen MR) is 152 cm³/mol. The first-order chi connectivity index (χ1) is 17.2. The second-order valence-corrected chi connectivity index (χ2v) is 19.1. The molecular formula is C27H28BrN2O4PS. The Morgan fingerprint density at radius 1 is 0.944 bits per heavy atom. The van der Waals surface area contributed by atoms with E-state index < -0.39 is 22.6 Å². The van der Waals surface area contributed by atoms with Crippen molar-refractivity contribution in [3.8, 4) is 0 Å². The summed E-state index contributed by atoms with van der Waals surface area (Å²) < 4.78 is 0. The average Bonchev–Trinajstić information content (AvgIpc) is 3.19. The van der Waals surface area contributed by atoms with Gasteiger partial charge in [-0.3, -0.25) is 0 Å². The van der Waals surface area contributed by atoms with E-state index in [-0.39, 0.29) is 30.5 Å². The molecule has 0 spiro atoms. The van der Waals surface area contributed by atoms with Gasteiger partial charge in [0.2, 0.25) is 0 Å². The summed E-state index contributed by atoms with van der Waals surface area (Å²) >= 11 is 5.48. The zero-order valence-electron chi connectivity index (χ0n) is 19.6.